The van der Waals surface area contributed by atoms with E-state index in [0.717, 1.165) is 4.70 Å². The van der Waals surface area contributed by atoms with E-state index >= 15 is 0 Å². The molecule has 3 rings (SSSR count). The maximum atomic E-state index is 12.9. The van der Waals surface area contributed by atoms with Gasteiger partial charge in [-0.3, -0.25) is 4.79 Å². The molecule has 0 aliphatic carbocycles. The predicted octanol–water partition coefficient (Wildman–Crippen LogP) is 4.59. The van der Waals surface area contributed by atoms with Gasteiger partial charge in [-0.05, 0) is 30.3 Å². The van der Waals surface area contributed by atoms with E-state index in [1.165, 1.54) is 18.4 Å². The Morgan fingerprint density at radius 1 is 0.815 bits per heavy atom. The van der Waals surface area contributed by atoms with Crippen LogP contribution in [0.1, 0.15) is 29.2 Å². The van der Waals surface area contributed by atoms with Crippen molar-refractivity contribution < 1.29 is 23.7 Å². The first-order chi connectivity index (χ1) is 13.1. The van der Waals surface area contributed by atoms with Gasteiger partial charge in [0.15, 0.2) is 16.5 Å². The topological polar surface area (TPSA) is 66.9 Å². The quantitative estimate of drug-likeness (QED) is 0.575. The van der Waals surface area contributed by atoms with Crippen LogP contribution in [0.15, 0.2) is 30.3 Å². The molecule has 1 aromatic heterocycles. The van der Waals surface area contributed by atoms with Crippen LogP contribution in [0.25, 0.3) is 10.2 Å². The first-order valence-corrected chi connectivity index (χ1v) is 9.22. The normalized spacial score (nSPS) is 10.0. The van der Waals surface area contributed by atoms with Gasteiger partial charge in [0.25, 0.3) is 0 Å². The average molecular weight is 389 g/mol. The van der Waals surface area contributed by atoms with Gasteiger partial charge >= 0.3 is 0 Å². The van der Waals surface area contributed by atoms with Crippen molar-refractivity contribution in [3.8, 4) is 23.0 Å². The number of ether oxygens (including phenoxy) is 4. The molecule has 0 unspecified atom stereocenters. The molecule has 0 saturated carbocycles. The number of fused-ring (bicyclic) bond motifs is 1. The number of hydrogen-bond donors (Lipinski definition) is 0. The maximum Gasteiger partial charge on any atom is 0.221 e. The summed E-state index contributed by atoms with van der Waals surface area (Å²) in [5.41, 5.74) is 1.07. The van der Waals surface area contributed by atoms with Crippen molar-refractivity contribution in [3.63, 3.8) is 0 Å². The zero-order chi connectivity index (χ0) is 20.0. The van der Waals surface area contributed by atoms with Crippen LogP contribution in [-0.4, -0.2) is 39.2 Å². The van der Waals surface area contributed by atoms with Crippen LogP contribution in [0.4, 0.5) is 0 Å². The number of carbonyl (C=O) groups excluding carboxylic acids is 1. The van der Waals surface area contributed by atoms with E-state index in [4.69, 9.17) is 18.9 Å². The van der Waals surface area contributed by atoms with Crippen LogP contribution in [0, 0.1) is 0 Å². The Labute approximate surface area is 162 Å². The Morgan fingerprint density at radius 2 is 1.37 bits per heavy atom. The number of aromatic nitrogens is 1. The lowest BCUT2D eigenvalue weighted by molar-refractivity contribution is 0.103. The van der Waals surface area contributed by atoms with E-state index in [9.17, 15) is 4.79 Å². The summed E-state index contributed by atoms with van der Waals surface area (Å²) >= 11 is 1.27. The molecule has 27 heavy (non-hydrogen) atoms. The van der Waals surface area contributed by atoms with Gasteiger partial charge in [0, 0.05) is 5.56 Å². The zero-order valence-electron chi connectivity index (χ0n) is 16.3. The molecule has 0 aliphatic rings. The van der Waals surface area contributed by atoms with E-state index in [1.54, 1.807) is 51.7 Å². The van der Waals surface area contributed by atoms with Crippen LogP contribution in [-0.2, 0) is 0 Å². The summed E-state index contributed by atoms with van der Waals surface area (Å²) in [4.78, 5) is 17.3. The van der Waals surface area contributed by atoms with Gasteiger partial charge in [-0.1, -0.05) is 13.8 Å². The lowest BCUT2D eigenvalue weighted by Crippen LogP contribution is -2.02. The molecule has 7 heteroatoms. The van der Waals surface area contributed by atoms with Gasteiger partial charge < -0.3 is 18.9 Å². The third-order valence-electron chi connectivity index (χ3n) is 3.75. The molecule has 1 heterocycles. The van der Waals surface area contributed by atoms with Crippen molar-refractivity contribution in [3.05, 3.63) is 40.9 Å². The van der Waals surface area contributed by atoms with Gasteiger partial charge in [0.1, 0.15) is 21.7 Å². The highest BCUT2D eigenvalue weighted by atomic mass is 32.1. The SMILES string of the molecule is CC.COc1ccc(C(=O)c2nc3c(OC)ccc(OC)c3s2)cc1OC. The highest BCUT2D eigenvalue weighted by molar-refractivity contribution is 7.20. The molecular weight excluding hydrogens is 366 g/mol. The van der Waals surface area contributed by atoms with Crippen LogP contribution >= 0.6 is 11.3 Å². The number of methoxy groups -OCH3 is 4. The Hall–Kier alpha value is -2.80. The van der Waals surface area contributed by atoms with Crippen molar-refractivity contribution in [2.45, 2.75) is 13.8 Å². The van der Waals surface area contributed by atoms with Gasteiger partial charge in [-0.15, -0.1) is 11.3 Å². The first-order valence-electron chi connectivity index (χ1n) is 8.41. The molecule has 0 fully saturated rings. The third kappa shape index (κ3) is 3.98. The molecule has 0 saturated heterocycles. The number of hydrogen-bond acceptors (Lipinski definition) is 7. The van der Waals surface area contributed by atoms with Crippen molar-refractivity contribution in [2.75, 3.05) is 28.4 Å². The summed E-state index contributed by atoms with van der Waals surface area (Å²) in [6.45, 7) is 4.00. The van der Waals surface area contributed by atoms with Crippen LogP contribution < -0.4 is 18.9 Å². The van der Waals surface area contributed by atoms with Gasteiger partial charge in [-0.2, -0.15) is 0 Å². The number of thiazole rings is 1. The number of carbonyl (C=O) groups is 1. The monoisotopic (exact) mass is 389 g/mol. The average Bonchev–Trinajstić information content (AvgIpc) is 3.18. The largest absolute Gasteiger partial charge is 0.495 e. The molecule has 3 aromatic rings. The summed E-state index contributed by atoms with van der Waals surface area (Å²) in [5.74, 6) is 2.10. The molecular formula is C20H23NO5S. The van der Waals surface area contributed by atoms with E-state index in [2.05, 4.69) is 4.98 Å². The fourth-order valence-corrected chi connectivity index (χ4v) is 3.52. The second-order valence-corrected chi connectivity index (χ2v) is 6.06. The predicted molar refractivity (Wildman–Crippen MR) is 107 cm³/mol. The van der Waals surface area contributed by atoms with Crippen molar-refractivity contribution in [1.82, 2.24) is 4.98 Å². The Kier molecular flexibility index (Phi) is 7.01. The van der Waals surface area contributed by atoms with Gasteiger partial charge in [0.05, 0.1) is 28.4 Å². The van der Waals surface area contributed by atoms with Crippen molar-refractivity contribution >= 4 is 27.3 Å². The highest BCUT2D eigenvalue weighted by Gasteiger charge is 2.20. The Morgan fingerprint density at radius 3 is 1.96 bits per heavy atom. The fraction of sp³-hybridized carbons (Fsp3) is 0.300. The Balaban J connectivity index is 0.00000126. The molecule has 2 aromatic carbocycles. The minimum Gasteiger partial charge on any atom is -0.495 e. The second kappa shape index (κ2) is 9.23. The Bertz CT molecular complexity index is 895. The molecule has 0 N–H and O–H groups in total. The lowest BCUT2D eigenvalue weighted by Gasteiger charge is -2.08. The number of benzene rings is 2. The first kappa shape index (κ1) is 20.5. The standard InChI is InChI=1S/C18H17NO5S.C2H6/c1-21-11-6-5-10(9-14(11)24-4)16(20)18-19-15-12(22-2)7-8-13(23-3)17(15)25-18;1-2/h5-9H,1-4H3;1-2H3. The van der Waals surface area contributed by atoms with Crippen molar-refractivity contribution in [2.24, 2.45) is 0 Å². The third-order valence-corrected chi connectivity index (χ3v) is 4.82. The summed E-state index contributed by atoms with van der Waals surface area (Å²) < 4.78 is 21.9. The van der Waals surface area contributed by atoms with E-state index in [-0.39, 0.29) is 5.78 Å². The summed E-state index contributed by atoms with van der Waals surface area (Å²) in [7, 11) is 6.22. The lowest BCUT2D eigenvalue weighted by atomic mass is 10.1. The van der Waals surface area contributed by atoms with Gasteiger partial charge in [-0.25, -0.2) is 4.98 Å². The molecule has 0 amide bonds. The molecule has 0 spiro atoms. The van der Waals surface area contributed by atoms with Crippen molar-refractivity contribution in [1.29, 1.82) is 0 Å². The maximum absolute atomic E-state index is 12.9. The fourth-order valence-electron chi connectivity index (χ4n) is 2.48. The van der Waals surface area contributed by atoms with Crippen LogP contribution in [0.2, 0.25) is 0 Å². The molecule has 0 radical (unpaired) electrons. The minimum absolute atomic E-state index is 0.203. The molecule has 0 aliphatic heterocycles. The van der Waals surface area contributed by atoms with Crippen LogP contribution in [0.5, 0.6) is 23.0 Å². The zero-order valence-corrected chi connectivity index (χ0v) is 17.1. The minimum atomic E-state index is -0.203. The summed E-state index contributed by atoms with van der Waals surface area (Å²) in [6, 6.07) is 8.59. The molecule has 144 valence electrons. The summed E-state index contributed by atoms with van der Waals surface area (Å²) in [5, 5.41) is 0.352. The summed E-state index contributed by atoms with van der Waals surface area (Å²) in [6.07, 6.45) is 0. The van der Waals surface area contributed by atoms with Gasteiger partial charge in [0.2, 0.25) is 5.78 Å². The number of ketones is 1. The molecule has 0 bridgehead atoms. The molecule has 0 atom stereocenters. The van der Waals surface area contributed by atoms with Crippen LogP contribution in [0.3, 0.4) is 0 Å². The highest BCUT2D eigenvalue weighted by Crippen LogP contribution is 2.38. The van der Waals surface area contributed by atoms with E-state index in [0.29, 0.717) is 39.1 Å². The second-order valence-electron chi connectivity index (χ2n) is 5.07. The number of rotatable bonds is 6. The molecule has 6 nitrogen and oxygen atoms in total. The number of nitrogens with zero attached hydrogens (tertiary/aromatic N) is 1. The smallest absolute Gasteiger partial charge is 0.221 e. The van der Waals surface area contributed by atoms with E-state index in [1.807, 2.05) is 13.8 Å². The van der Waals surface area contributed by atoms with E-state index < -0.39 is 0 Å².